The molecule has 1 atom stereocenters. The Hall–Kier alpha value is -1.06. The number of carboxylic acids is 1. The van der Waals surface area contributed by atoms with Gasteiger partial charge in [0.25, 0.3) is 0 Å². The molecule has 4 heteroatoms. The van der Waals surface area contributed by atoms with Crippen LogP contribution in [-0.4, -0.2) is 23.7 Å². The first-order chi connectivity index (χ1) is 29.5. The van der Waals surface area contributed by atoms with Crippen LogP contribution in [-0.2, 0) is 14.3 Å². The predicted octanol–water partition coefficient (Wildman–Crippen LogP) is 20.0. The third-order valence-electron chi connectivity index (χ3n) is 12.9. The van der Waals surface area contributed by atoms with E-state index in [-0.39, 0.29) is 11.9 Å². The van der Waals surface area contributed by atoms with Crippen molar-refractivity contribution < 1.29 is 19.4 Å². The summed E-state index contributed by atoms with van der Waals surface area (Å²) < 4.78 is 5.80. The highest BCUT2D eigenvalue weighted by Gasteiger charge is 2.19. The maximum absolute atomic E-state index is 12.9. The highest BCUT2D eigenvalue weighted by Crippen LogP contribution is 2.22. The summed E-state index contributed by atoms with van der Waals surface area (Å²) in [6.07, 6.45) is 62.7. The largest absolute Gasteiger partial charge is 0.481 e. The molecule has 0 bridgehead atoms. The van der Waals surface area contributed by atoms with Crippen LogP contribution in [0.5, 0.6) is 0 Å². The van der Waals surface area contributed by atoms with Crippen LogP contribution in [0.3, 0.4) is 0 Å². The number of carbonyl (C=O) groups excluding carboxylic acids is 1. The van der Waals surface area contributed by atoms with E-state index in [2.05, 4.69) is 27.7 Å². The highest BCUT2D eigenvalue weighted by atomic mass is 16.5. The lowest BCUT2D eigenvalue weighted by Crippen LogP contribution is -2.18. The average molecular weight is 850 g/mol. The van der Waals surface area contributed by atoms with Crippen molar-refractivity contribution in [1.29, 1.82) is 0 Å². The number of esters is 1. The smallest absolute Gasteiger partial charge is 0.308 e. The number of hydrogen-bond donors (Lipinski definition) is 1. The van der Waals surface area contributed by atoms with Crippen molar-refractivity contribution in [3.05, 3.63) is 0 Å². The van der Waals surface area contributed by atoms with Crippen LogP contribution in [0.1, 0.15) is 336 Å². The molecule has 0 saturated heterocycles. The highest BCUT2D eigenvalue weighted by molar-refractivity contribution is 5.72. The Labute approximate surface area is 378 Å². The van der Waals surface area contributed by atoms with Gasteiger partial charge in [0.05, 0.1) is 12.5 Å². The van der Waals surface area contributed by atoms with Crippen molar-refractivity contribution in [1.82, 2.24) is 0 Å². The molecule has 0 fully saturated rings. The van der Waals surface area contributed by atoms with Crippen molar-refractivity contribution in [3.63, 3.8) is 0 Å². The standard InChI is InChI=1S/C38H76O2.C18H36O2/c1-4-7-10-13-16-18-20-21-22-23-24-26-29-32-35-37(34-31-28-15-12-9-6-3)38(39)40-36-33-30-27-25-19-17-14-11-8-5-2;1-2-3-4-5-6-7-8-9-10-11-12-13-14-15-16-17-18(19)20/h37H,4-36H2,1-3H3;2-17H2,1H3,(H,19,20). The Morgan fingerprint density at radius 1 is 0.317 bits per heavy atom. The Morgan fingerprint density at radius 3 is 0.783 bits per heavy atom. The minimum Gasteiger partial charge on any atom is -0.481 e. The van der Waals surface area contributed by atoms with Crippen molar-refractivity contribution in [2.75, 3.05) is 6.61 Å². The summed E-state index contributed by atoms with van der Waals surface area (Å²) in [6.45, 7) is 9.76. The van der Waals surface area contributed by atoms with Crippen molar-refractivity contribution in [2.45, 2.75) is 336 Å². The summed E-state index contributed by atoms with van der Waals surface area (Å²) in [7, 11) is 0. The first kappa shape index (κ1) is 61.0. The summed E-state index contributed by atoms with van der Waals surface area (Å²) in [5, 5.41) is 8.52. The predicted molar refractivity (Wildman–Crippen MR) is 266 cm³/mol. The number of hydrogen-bond acceptors (Lipinski definition) is 3. The maximum atomic E-state index is 12.9. The van der Waals surface area contributed by atoms with Gasteiger partial charge in [0.15, 0.2) is 0 Å². The summed E-state index contributed by atoms with van der Waals surface area (Å²) in [6, 6.07) is 0. The Balaban J connectivity index is 0. The average Bonchev–Trinajstić information content (AvgIpc) is 3.24. The van der Waals surface area contributed by atoms with Gasteiger partial charge in [0, 0.05) is 6.42 Å². The second-order valence-corrected chi connectivity index (χ2v) is 19.1. The number of carboxylic acid groups (broad SMARTS) is 1. The minimum atomic E-state index is -0.653. The Bertz CT molecular complexity index is 796. The van der Waals surface area contributed by atoms with Crippen LogP contribution in [0.2, 0.25) is 0 Å². The lowest BCUT2D eigenvalue weighted by molar-refractivity contribution is -0.149. The molecule has 0 heterocycles. The molecule has 4 nitrogen and oxygen atoms in total. The van der Waals surface area contributed by atoms with Gasteiger partial charge >= 0.3 is 11.9 Å². The van der Waals surface area contributed by atoms with Gasteiger partial charge in [0.2, 0.25) is 0 Å². The van der Waals surface area contributed by atoms with Crippen molar-refractivity contribution in [3.8, 4) is 0 Å². The second kappa shape index (κ2) is 56.0. The molecular formula is C56H112O4. The number of rotatable bonds is 50. The zero-order valence-corrected chi connectivity index (χ0v) is 41.9. The Morgan fingerprint density at radius 2 is 0.533 bits per heavy atom. The van der Waals surface area contributed by atoms with Crippen LogP contribution in [0.4, 0.5) is 0 Å². The molecule has 0 radical (unpaired) electrons. The molecular weight excluding hydrogens is 737 g/mol. The molecule has 0 rings (SSSR count). The van der Waals surface area contributed by atoms with E-state index in [9.17, 15) is 9.59 Å². The van der Waals surface area contributed by atoms with Crippen LogP contribution >= 0.6 is 0 Å². The fourth-order valence-corrected chi connectivity index (χ4v) is 8.66. The van der Waals surface area contributed by atoms with E-state index in [1.54, 1.807) is 0 Å². The Kier molecular flexibility index (Phi) is 56.9. The first-order valence-corrected chi connectivity index (χ1v) is 27.9. The van der Waals surface area contributed by atoms with Gasteiger partial charge in [-0.25, -0.2) is 0 Å². The monoisotopic (exact) mass is 849 g/mol. The van der Waals surface area contributed by atoms with Crippen molar-refractivity contribution in [2.24, 2.45) is 5.92 Å². The molecule has 0 aliphatic rings. The number of aliphatic carboxylic acids is 1. The summed E-state index contributed by atoms with van der Waals surface area (Å²) in [5.74, 6) is -0.398. The molecule has 0 aliphatic heterocycles. The van der Waals surface area contributed by atoms with E-state index >= 15 is 0 Å². The minimum absolute atomic E-state index is 0.110. The molecule has 0 aliphatic carbocycles. The van der Waals surface area contributed by atoms with Gasteiger partial charge in [-0.2, -0.15) is 0 Å². The zero-order chi connectivity index (χ0) is 44.1. The lowest BCUT2D eigenvalue weighted by Gasteiger charge is -2.16. The summed E-state index contributed by atoms with van der Waals surface area (Å²) in [4.78, 5) is 23.2. The van der Waals surface area contributed by atoms with Crippen LogP contribution in [0.25, 0.3) is 0 Å². The van der Waals surface area contributed by atoms with E-state index in [4.69, 9.17) is 9.84 Å². The topological polar surface area (TPSA) is 63.6 Å². The van der Waals surface area contributed by atoms with Crippen molar-refractivity contribution >= 4 is 11.9 Å². The third-order valence-corrected chi connectivity index (χ3v) is 12.9. The molecule has 0 saturated carbocycles. The van der Waals surface area contributed by atoms with E-state index in [1.807, 2.05) is 0 Å². The second-order valence-electron chi connectivity index (χ2n) is 19.1. The number of ether oxygens (including phenoxy) is 1. The first-order valence-electron chi connectivity index (χ1n) is 27.9. The summed E-state index contributed by atoms with van der Waals surface area (Å²) in [5.41, 5.74) is 0. The molecule has 0 aromatic carbocycles. The van der Waals surface area contributed by atoms with E-state index in [0.29, 0.717) is 13.0 Å². The van der Waals surface area contributed by atoms with Gasteiger partial charge in [-0.05, 0) is 25.7 Å². The van der Waals surface area contributed by atoms with E-state index < -0.39 is 5.97 Å². The van der Waals surface area contributed by atoms with Crippen LogP contribution < -0.4 is 0 Å². The number of unbranched alkanes of at least 4 members (excludes halogenated alkanes) is 41. The molecule has 360 valence electrons. The van der Waals surface area contributed by atoms with Crippen LogP contribution in [0.15, 0.2) is 0 Å². The van der Waals surface area contributed by atoms with Crippen LogP contribution in [0, 0.1) is 5.92 Å². The zero-order valence-electron chi connectivity index (χ0n) is 41.9. The van der Waals surface area contributed by atoms with Gasteiger partial charge in [-0.15, -0.1) is 0 Å². The molecule has 0 amide bonds. The normalized spacial score (nSPS) is 11.7. The molecule has 1 N–H and O–H groups in total. The van der Waals surface area contributed by atoms with Gasteiger partial charge in [0.1, 0.15) is 0 Å². The lowest BCUT2D eigenvalue weighted by atomic mass is 9.94. The van der Waals surface area contributed by atoms with Gasteiger partial charge < -0.3 is 9.84 Å². The molecule has 60 heavy (non-hydrogen) atoms. The number of carbonyl (C=O) groups is 2. The van der Waals surface area contributed by atoms with Gasteiger partial charge in [-0.1, -0.05) is 304 Å². The van der Waals surface area contributed by atoms with E-state index in [0.717, 1.165) is 32.1 Å². The third kappa shape index (κ3) is 55.0. The molecule has 1 unspecified atom stereocenters. The van der Waals surface area contributed by atoms with E-state index in [1.165, 1.54) is 270 Å². The molecule has 0 spiro atoms. The molecule has 0 aromatic rings. The fourth-order valence-electron chi connectivity index (χ4n) is 8.66. The quantitative estimate of drug-likeness (QED) is 0.0489. The molecule has 0 aromatic heterocycles. The SMILES string of the molecule is CCCCCCCCCCCCCCCCC(CCCCCCCC)C(=O)OCCCCCCCCCCCC.CCCCCCCCCCCCCCCCCC(=O)O. The summed E-state index contributed by atoms with van der Waals surface area (Å²) >= 11 is 0. The van der Waals surface area contributed by atoms with Gasteiger partial charge in [-0.3, -0.25) is 9.59 Å². The maximum Gasteiger partial charge on any atom is 0.308 e. The fraction of sp³-hybridized carbons (Fsp3) is 0.964.